The lowest BCUT2D eigenvalue weighted by Gasteiger charge is -2.12. The van der Waals surface area contributed by atoms with Gasteiger partial charge in [-0.3, -0.25) is 4.79 Å². The van der Waals surface area contributed by atoms with Gasteiger partial charge in [0.05, 0.1) is 11.6 Å². The van der Waals surface area contributed by atoms with Crippen molar-refractivity contribution in [2.24, 2.45) is 0 Å². The topological polar surface area (TPSA) is 50.1 Å². The average Bonchev–Trinajstić information content (AvgIpc) is 2.64. The summed E-state index contributed by atoms with van der Waals surface area (Å²) >= 11 is 0. The van der Waals surface area contributed by atoms with E-state index in [9.17, 15) is 10.1 Å². The second kappa shape index (κ2) is 9.30. The van der Waals surface area contributed by atoms with Crippen LogP contribution >= 0.6 is 0 Å². The van der Waals surface area contributed by atoms with Gasteiger partial charge in [-0.05, 0) is 23.6 Å². The van der Waals surface area contributed by atoms with Gasteiger partial charge in [0.2, 0.25) is 0 Å². The van der Waals surface area contributed by atoms with Gasteiger partial charge in [-0.15, -0.1) is 0 Å². The number of esters is 1. The summed E-state index contributed by atoms with van der Waals surface area (Å²) in [4.78, 5) is 11.4. The standard InChI is InChI=1S/C22H21NO2/c1-3-4-5-6-11-22(25-17(2)24)19-14-12-18(13-15-19)21-10-8-7-9-20(21)16-23/h7-10,12-15,22H,3-5H2,1-2H3. The summed E-state index contributed by atoms with van der Waals surface area (Å²) in [7, 11) is 0. The van der Waals surface area contributed by atoms with Crippen molar-refractivity contribution >= 4 is 5.97 Å². The molecule has 2 aromatic rings. The molecule has 0 heterocycles. The van der Waals surface area contributed by atoms with Crippen LogP contribution in [0.2, 0.25) is 0 Å². The number of benzene rings is 2. The van der Waals surface area contributed by atoms with Gasteiger partial charge in [0.1, 0.15) is 0 Å². The highest BCUT2D eigenvalue weighted by molar-refractivity contribution is 5.71. The van der Waals surface area contributed by atoms with Gasteiger partial charge in [-0.1, -0.05) is 67.6 Å². The largest absolute Gasteiger partial charge is 0.444 e. The molecule has 0 N–H and O–H groups in total. The molecule has 3 heteroatoms. The molecule has 0 aliphatic carbocycles. The third-order valence-electron chi connectivity index (χ3n) is 3.74. The Balaban J connectivity index is 2.26. The first-order valence-corrected chi connectivity index (χ1v) is 8.40. The third-order valence-corrected chi connectivity index (χ3v) is 3.74. The molecule has 0 aliphatic rings. The van der Waals surface area contributed by atoms with E-state index in [2.05, 4.69) is 24.8 Å². The molecule has 0 radical (unpaired) electrons. The van der Waals surface area contributed by atoms with Crippen molar-refractivity contribution in [2.45, 2.75) is 39.2 Å². The zero-order chi connectivity index (χ0) is 18.1. The van der Waals surface area contributed by atoms with Gasteiger partial charge in [-0.25, -0.2) is 0 Å². The number of hydrogen-bond acceptors (Lipinski definition) is 3. The summed E-state index contributed by atoms with van der Waals surface area (Å²) in [5, 5.41) is 9.24. The van der Waals surface area contributed by atoms with E-state index in [1.54, 1.807) is 6.07 Å². The summed E-state index contributed by atoms with van der Waals surface area (Å²) in [5.74, 6) is 5.77. The Bertz CT molecular complexity index is 820. The van der Waals surface area contributed by atoms with Crippen LogP contribution in [0.3, 0.4) is 0 Å². The van der Waals surface area contributed by atoms with Gasteiger partial charge in [0.15, 0.2) is 6.10 Å². The fourth-order valence-electron chi connectivity index (χ4n) is 2.45. The van der Waals surface area contributed by atoms with Gasteiger partial charge >= 0.3 is 5.97 Å². The van der Waals surface area contributed by atoms with Gasteiger partial charge in [-0.2, -0.15) is 5.26 Å². The minimum atomic E-state index is -0.561. The molecule has 0 spiro atoms. The SMILES string of the molecule is CCCCC#CC(OC(C)=O)c1ccc(-c2ccccc2C#N)cc1. The van der Waals surface area contributed by atoms with Crippen molar-refractivity contribution in [3.63, 3.8) is 0 Å². The van der Waals surface area contributed by atoms with Crippen molar-refractivity contribution < 1.29 is 9.53 Å². The molecule has 3 nitrogen and oxygen atoms in total. The lowest BCUT2D eigenvalue weighted by atomic mass is 9.98. The van der Waals surface area contributed by atoms with Gasteiger partial charge < -0.3 is 4.74 Å². The predicted octanol–water partition coefficient (Wildman–Crippen LogP) is 5.02. The van der Waals surface area contributed by atoms with E-state index in [1.807, 2.05) is 42.5 Å². The molecule has 0 saturated carbocycles. The molecule has 0 aliphatic heterocycles. The molecule has 0 saturated heterocycles. The van der Waals surface area contributed by atoms with Crippen LogP contribution in [0.4, 0.5) is 0 Å². The number of carbonyl (C=O) groups excluding carboxylic acids is 1. The van der Waals surface area contributed by atoms with E-state index < -0.39 is 6.10 Å². The van der Waals surface area contributed by atoms with E-state index in [0.29, 0.717) is 5.56 Å². The first-order chi connectivity index (χ1) is 12.2. The van der Waals surface area contributed by atoms with E-state index in [4.69, 9.17) is 4.74 Å². The lowest BCUT2D eigenvalue weighted by Crippen LogP contribution is -2.06. The molecule has 2 rings (SSSR count). The third kappa shape index (κ3) is 5.23. The second-order valence-electron chi connectivity index (χ2n) is 5.69. The average molecular weight is 331 g/mol. The van der Waals surface area contributed by atoms with Crippen LogP contribution in [0.5, 0.6) is 0 Å². The van der Waals surface area contributed by atoms with Crippen LogP contribution in [0.25, 0.3) is 11.1 Å². The zero-order valence-corrected chi connectivity index (χ0v) is 14.6. The maximum atomic E-state index is 11.4. The highest BCUT2D eigenvalue weighted by atomic mass is 16.5. The Morgan fingerprint density at radius 3 is 2.52 bits per heavy atom. The first-order valence-electron chi connectivity index (χ1n) is 8.40. The molecular weight excluding hydrogens is 310 g/mol. The summed E-state index contributed by atoms with van der Waals surface area (Å²) in [6.45, 7) is 3.50. The van der Waals surface area contributed by atoms with E-state index in [-0.39, 0.29) is 5.97 Å². The zero-order valence-electron chi connectivity index (χ0n) is 14.6. The minimum Gasteiger partial charge on any atom is -0.444 e. The van der Waals surface area contributed by atoms with Gasteiger partial charge in [0, 0.05) is 18.9 Å². The number of unbranched alkanes of at least 4 members (excludes halogenated alkanes) is 2. The van der Waals surface area contributed by atoms with Crippen molar-refractivity contribution in [3.8, 4) is 29.0 Å². The fraction of sp³-hybridized carbons (Fsp3) is 0.273. The Kier molecular flexibility index (Phi) is 6.81. The van der Waals surface area contributed by atoms with Crippen LogP contribution in [0.15, 0.2) is 48.5 Å². The van der Waals surface area contributed by atoms with E-state index in [0.717, 1.165) is 36.0 Å². The lowest BCUT2D eigenvalue weighted by molar-refractivity contribution is -0.144. The van der Waals surface area contributed by atoms with Crippen LogP contribution in [0.1, 0.15) is 50.3 Å². The molecule has 0 aromatic heterocycles. The van der Waals surface area contributed by atoms with Gasteiger partial charge in [0.25, 0.3) is 0 Å². The number of rotatable bonds is 5. The Morgan fingerprint density at radius 2 is 1.88 bits per heavy atom. The number of ether oxygens (including phenoxy) is 1. The Hall–Kier alpha value is -3.04. The minimum absolute atomic E-state index is 0.353. The van der Waals surface area contributed by atoms with E-state index in [1.165, 1.54) is 6.92 Å². The highest BCUT2D eigenvalue weighted by Gasteiger charge is 2.12. The smallest absolute Gasteiger partial charge is 0.304 e. The molecule has 25 heavy (non-hydrogen) atoms. The Morgan fingerprint density at radius 1 is 1.16 bits per heavy atom. The van der Waals surface area contributed by atoms with Crippen LogP contribution in [-0.4, -0.2) is 5.97 Å². The van der Waals surface area contributed by atoms with Crippen LogP contribution in [-0.2, 0) is 9.53 Å². The number of nitrogens with zero attached hydrogens (tertiary/aromatic N) is 1. The molecule has 0 amide bonds. The monoisotopic (exact) mass is 331 g/mol. The number of hydrogen-bond donors (Lipinski definition) is 0. The molecule has 2 aromatic carbocycles. The second-order valence-corrected chi connectivity index (χ2v) is 5.69. The van der Waals surface area contributed by atoms with Crippen LogP contribution in [0, 0.1) is 23.2 Å². The number of carbonyl (C=O) groups is 1. The quantitative estimate of drug-likeness (QED) is 0.439. The van der Waals surface area contributed by atoms with Crippen molar-refractivity contribution in [3.05, 3.63) is 59.7 Å². The van der Waals surface area contributed by atoms with Crippen molar-refractivity contribution in [1.29, 1.82) is 5.26 Å². The van der Waals surface area contributed by atoms with Crippen molar-refractivity contribution in [1.82, 2.24) is 0 Å². The van der Waals surface area contributed by atoms with E-state index >= 15 is 0 Å². The molecule has 1 atom stereocenters. The molecular formula is C22H21NO2. The first kappa shape index (κ1) is 18.3. The highest BCUT2D eigenvalue weighted by Crippen LogP contribution is 2.26. The molecule has 126 valence electrons. The maximum Gasteiger partial charge on any atom is 0.304 e. The maximum absolute atomic E-state index is 11.4. The fourth-order valence-corrected chi connectivity index (χ4v) is 2.45. The summed E-state index contributed by atoms with van der Waals surface area (Å²) in [5.41, 5.74) is 3.29. The molecule has 0 bridgehead atoms. The summed E-state index contributed by atoms with van der Waals surface area (Å²) in [6.07, 6.45) is 2.35. The van der Waals surface area contributed by atoms with Crippen molar-refractivity contribution in [2.75, 3.05) is 0 Å². The predicted molar refractivity (Wildman–Crippen MR) is 98.4 cm³/mol. The molecule has 1 unspecified atom stereocenters. The Labute approximate surface area is 149 Å². The summed E-state index contributed by atoms with van der Waals surface area (Å²) < 4.78 is 5.34. The number of nitriles is 1. The van der Waals surface area contributed by atoms with Crippen LogP contribution < -0.4 is 0 Å². The molecule has 0 fully saturated rings. The summed E-state index contributed by atoms with van der Waals surface area (Å²) in [6, 6.07) is 17.3. The normalized spacial score (nSPS) is 10.9.